The highest BCUT2D eigenvalue weighted by atomic mass is 16.7. The first-order valence-electron chi connectivity index (χ1n) is 10.7. The Morgan fingerprint density at radius 3 is 2.24 bits per heavy atom. The Morgan fingerprint density at radius 2 is 1.56 bits per heavy atom. The second kappa shape index (κ2) is 11.0. The zero-order chi connectivity index (χ0) is 25.2. The van der Waals surface area contributed by atoms with E-state index in [2.05, 4.69) is 0 Å². The molecule has 12 nitrogen and oxygen atoms in total. The monoisotopic (exact) mass is 486 g/mol. The van der Waals surface area contributed by atoms with Crippen LogP contribution in [0, 0.1) is 0 Å². The number of rotatable bonds is 6. The summed E-state index contributed by atoms with van der Waals surface area (Å²) in [6.45, 7) is 2.96. The zero-order valence-electron chi connectivity index (χ0n) is 18.8. The fourth-order valence-corrected chi connectivity index (χ4v) is 3.69. The molecule has 2 saturated heterocycles. The number of carbonyl (C=O) groups is 1. The molecule has 2 fully saturated rings. The molecule has 1 aromatic carbocycles. The molecule has 3 rings (SSSR count). The first-order chi connectivity index (χ1) is 16.0. The van der Waals surface area contributed by atoms with E-state index in [0.717, 1.165) is 6.08 Å². The molecule has 12 heteroatoms. The molecule has 0 saturated carbocycles. The van der Waals surface area contributed by atoms with Crippen molar-refractivity contribution in [3.8, 4) is 11.5 Å². The molecule has 0 bridgehead atoms. The van der Waals surface area contributed by atoms with Gasteiger partial charge in [-0.2, -0.15) is 0 Å². The maximum absolute atomic E-state index is 12.2. The second-order valence-electron chi connectivity index (χ2n) is 8.17. The normalized spacial score (nSPS) is 38.6. The summed E-state index contributed by atoms with van der Waals surface area (Å²) in [5.41, 5.74) is 0.533. The number of hydrogen-bond donors (Lipinski definition) is 6. The number of ether oxygens (including phenoxy) is 5. The van der Waals surface area contributed by atoms with Gasteiger partial charge < -0.3 is 54.3 Å². The van der Waals surface area contributed by atoms with Gasteiger partial charge in [-0.05, 0) is 37.6 Å². The largest absolute Gasteiger partial charge is 0.504 e. The van der Waals surface area contributed by atoms with Gasteiger partial charge in [-0.1, -0.05) is 6.07 Å². The number of hydrogen-bond acceptors (Lipinski definition) is 12. The lowest BCUT2D eigenvalue weighted by molar-refractivity contribution is -0.348. The molecule has 10 atom stereocenters. The SMILES string of the molecule is COc1cc(/C=C/C(=O)OC2OC(C)C(OC3OC(C)C(O)C(O)C3O)C(O)C2O)ccc1O. The quantitative estimate of drug-likeness (QED) is 0.205. The molecule has 0 aliphatic carbocycles. The Balaban J connectivity index is 1.60. The van der Waals surface area contributed by atoms with Crippen molar-refractivity contribution in [3.05, 3.63) is 29.8 Å². The van der Waals surface area contributed by atoms with Crippen LogP contribution < -0.4 is 4.74 Å². The number of phenolic OH excluding ortho intramolecular Hbond substituents is 1. The van der Waals surface area contributed by atoms with E-state index in [9.17, 15) is 35.4 Å². The lowest BCUT2D eigenvalue weighted by atomic mass is 9.97. The van der Waals surface area contributed by atoms with E-state index in [-0.39, 0.29) is 11.5 Å². The molecule has 6 N–H and O–H groups in total. The van der Waals surface area contributed by atoms with E-state index in [4.69, 9.17) is 23.7 Å². The molecular weight excluding hydrogens is 456 g/mol. The molecule has 2 aliphatic heterocycles. The standard InChI is InChI=1S/C22H30O12/c1-9-15(25)16(26)18(28)22(31-9)34-20-10(2)32-21(19(29)17(20)27)33-14(24)7-5-11-4-6-12(23)13(8-11)30-3/h4-10,15-23,25-29H,1-3H3/b7-5+. The van der Waals surface area contributed by atoms with E-state index in [0.29, 0.717) is 5.56 Å². The van der Waals surface area contributed by atoms with Crippen LogP contribution in [-0.4, -0.2) is 105 Å². The third kappa shape index (κ3) is 5.67. The van der Waals surface area contributed by atoms with Crippen molar-refractivity contribution in [2.75, 3.05) is 7.11 Å². The van der Waals surface area contributed by atoms with Gasteiger partial charge in [0.15, 0.2) is 17.8 Å². The van der Waals surface area contributed by atoms with Gasteiger partial charge in [0.2, 0.25) is 6.29 Å². The number of methoxy groups -OCH3 is 1. The Kier molecular flexibility index (Phi) is 8.49. The van der Waals surface area contributed by atoms with Gasteiger partial charge in [0.25, 0.3) is 0 Å². The molecule has 0 aromatic heterocycles. The summed E-state index contributed by atoms with van der Waals surface area (Å²) in [6, 6.07) is 4.43. The molecule has 1 aromatic rings. The van der Waals surface area contributed by atoms with Crippen LogP contribution in [0.25, 0.3) is 6.08 Å². The highest BCUT2D eigenvalue weighted by Gasteiger charge is 2.49. The minimum Gasteiger partial charge on any atom is -0.504 e. The van der Waals surface area contributed by atoms with Crippen molar-refractivity contribution in [2.24, 2.45) is 0 Å². The summed E-state index contributed by atoms with van der Waals surface area (Å²) >= 11 is 0. The fraction of sp³-hybridized carbons (Fsp3) is 0.591. The Labute approximate surface area is 195 Å². The van der Waals surface area contributed by atoms with Gasteiger partial charge in [0, 0.05) is 6.08 Å². The van der Waals surface area contributed by atoms with Crippen LogP contribution >= 0.6 is 0 Å². The maximum Gasteiger partial charge on any atom is 0.333 e. The van der Waals surface area contributed by atoms with Crippen LogP contribution in [0.3, 0.4) is 0 Å². The van der Waals surface area contributed by atoms with Crippen molar-refractivity contribution < 1.29 is 59.1 Å². The molecule has 10 unspecified atom stereocenters. The molecule has 2 aliphatic rings. The van der Waals surface area contributed by atoms with Crippen LogP contribution in [0.2, 0.25) is 0 Å². The van der Waals surface area contributed by atoms with E-state index in [1.807, 2.05) is 0 Å². The van der Waals surface area contributed by atoms with E-state index >= 15 is 0 Å². The zero-order valence-corrected chi connectivity index (χ0v) is 18.8. The minimum atomic E-state index is -1.69. The molecule has 190 valence electrons. The minimum absolute atomic E-state index is 0.0630. The van der Waals surface area contributed by atoms with E-state index in [1.54, 1.807) is 6.07 Å². The van der Waals surface area contributed by atoms with Crippen molar-refractivity contribution in [1.29, 1.82) is 0 Å². The van der Waals surface area contributed by atoms with Crippen LogP contribution in [0.4, 0.5) is 0 Å². The van der Waals surface area contributed by atoms with Crippen molar-refractivity contribution in [1.82, 2.24) is 0 Å². The predicted molar refractivity (Wildman–Crippen MR) is 113 cm³/mol. The summed E-state index contributed by atoms with van der Waals surface area (Å²) < 4.78 is 26.5. The molecule has 0 spiro atoms. The first-order valence-corrected chi connectivity index (χ1v) is 10.7. The Bertz CT molecular complexity index is 875. The topological polar surface area (TPSA) is 185 Å². The maximum atomic E-state index is 12.2. The summed E-state index contributed by atoms with van der Waals surface area (Å²) in [4.78, 5) is 12.2. The smallest absolute Gasteiger partial charge is 0.333 e. The van der Waals surface area contributed by atoms with Crippen molar-refractivity contribution in [3.63, 3.8) is 0 Å². The number of carbonyl (C=O) groups excluding carboxylic acids is 1. The molecule has 0 radical (unpaired) electrons. The highest BCUT2D eigenvalue weighted by Crippen LogP contribution is 2.30. The summed E-state index contributed by atoms with van der Waals surface area (Å²) in [6.07, 6.45) is -11.2. The summed E-state index contributed by atoms with van der Waals surface area (Å²) in [5, 5.41) is 60.4. The highest BCUT2D eigenvalue weighted by molar-refractivity contribution is 5.87. The number of phenols is 1. The van der Waals surface area contributed by atoms with Crippen molar-refractivity contribution >= 4 is 12.0 Å². The molecular formula is C22H30O12. The van der Waals surface area contributed by atoms with Crippen molar-refractivity contribution in [2.45, 2.75) is 75.3 Å². The fourth-order valence-electron chi connectivity index (χ4n) is 3.69. The van der Waals surface area contributed by atoms with Crippen LogP contribution in [0.1, 0.15) is 19.4 Å². The van der Waals surface area contributed by atoms with Gasteiger partial charge in [-0.15, -0.1) is 0 Å². The van der Waals surface area contributed by atoms with E-state index in [1.165, 1.54) is 39.2 Å². The lowest BCUT2D eigenvalue weighted by Gasteiger charge is -2.45. The average Bonchev–Trinajstić information content (AvgIpc) is 2.81. The second-order valence-corrected chi connectivity index (χ2v) is 8.17. The predicted octanol–water partition coefficient (Wildman–Crippen LogP) is -1.36. The van der Waals surface area contributed by atoms with E-state index < -0.39 is 67.4 Å². The van der Waals surface area contributed by atoms with Crippen LogP contribution in [0.15, 0.2) is 24.3 Å². The van der Waals surface area contributed by atoms with Crippen LogP contribution in [0.5, 0.6) is 11.5 Å². The number of aliphatic hydroxyl groups excluding tert-OH is 5. The number of esters is 1. The Morgan fingerprint density at radius 1 is 0.912 bits per heavy atom. The van der Waals surface area contributed by atoms with Gasteiger partial charge >= 0.3 is 5.97 Å². The molecule has 0 amide bonds. The van der Waals surface area contributed by atoms with Gasteiger partial charge in [-0.25, -0.2) is 4.79 Å². The number of aromatic hydroxyl groups is 1. The number of aliphatic hydroxyl groups is 5. The third-order valence-corrected chi connectivity index (χ3v) is 5.72. The molecule has 34 heavy (non-hydrogen) atoms. The van der Waals surface area contributed by atoms with Gasteiger partial charge in [0.1, 0.15) is 36.6 Å². The van der Waals surface area contributed by atoms with Gasteiger partial charge in [0.05, 0.1) is 19.3 Å². The molecule has 2 heterocycles. The summed E-state index contributed by atoms with van der Waals surface area (Å²) in [7, 11) is 1.38. The van der Waals surface area contributed by atoms with Gasteiger partial charge in [-0.3, -0.25) is 0 Å². The third-order valence-electron chi connectivity index (χ3n) is 5.72. The summed E-state index contributed by atoms with van der Waals surface area (Å²) in [5.74, 6) is -0.716. The van der Waals surface area contributed by atoms with Crippen LogP contribution in [-0.2, 0) is 23.7 Å². The first kappa shape index (κ1) is 26.3. The Hall–Kier alpha value is -2.29. The average molecular weight is 486 g/mol. The lowest BCUT2D eigenvalue weighted by Crippen LogP contribution is -2.63. The number of benzene rings is 1.